The van der Waals surface area contributed by atoms with Crippen molar-refractivity contribution in [2.24, 2.45) is 0 Å². The molecule has 0 aromatic carbocycles. The van der Waals surface area contributed by atoms with Crippen molar-refractivity contribution >= 4 is 22.6 Å². The van der Waals surface area contributed by atoms with Crippen molar-refractivity contribution < 1.29 is 14.3 Å². The third kappa shape index (κ3) is 4.31. The van der Waals surface area contributed by atoms with Crippen molar-refractivity contribution in [3.63, 3.8) is 0 Å². The molecule has 1 amide bonds. The lowest BCUT2D eigenvalue weighted by Crippen LogP contribution is -2.38. The molecule has 4 rings (SSSR count). The number of ether oxygens (including phenoxy) is 2. The Morgan fingerprint density at radius 3 is 3.00 bits per heavy atom. The number of pyridine rings is 2. The molecule has 1 saturated heterocycles. The van der Waals surface area contributed by atoms with Crippen molar-refractivity contribution in [2.75, 3.05) is 26.4 Å². The summed E-state index contributed by atoms with van der Waals surface area (Å²) in [5.41, 5.74) is 1.72. The number of carbonyl (C=O) groups excluding carboxylic acids is 1. The minimum atomic E-state index is -0.389. The molecule has 4 heterocycles. The van der Waals surface area contributed by atoms with Gasteiger partial charge in [-0.1, -0.05) is 6.07 Å². The van der Waals surface area contributed by atoms with E-state index in [2.05, 4.69) is 5.32 Å². The summed E-state index contributed by atoms with van der Waals surface area (Å²) in [7, 11) is 0. The summed E-state index contributed by atoms with van der Waals surface area (Å²) in [6, 6.07) is 5.18. The molecule has 3 aromatic heterocycles. The Morgan fingerprint density at radius 1 is 1.41 bits per heavy atom. The standard InChI is InChI=1S/C23H29N5O4/c1-3-31-11-6-10-27-19(24)17(22(29)25-14-16-8-5-12-32-16)13-18-21(27)26-20-15(2)7-4-9-28(20)23(18)30/h4,7,9,13,16,24H,3,5-6,8,10-12,14H2,1-2H3,(H,25,29)/t16-/m1/s1. The van der Waals surface area contributed by atoms with Crippen LogP contribution in [0.2, 0.25) is 0 Å². The molecular formula is C23H29N5O4. The smallest absolute Gasteiger partial charge is 0.267 e. The SMILES string of the molecule is CCOCCCn1c(=N)c(C(=O)NC[C@H]2CCCO2)cc2c(=O)n3cccc(C)c3nc21. The van der Waals surface area contributed by atoms with Gasteiger partial charge in [0.05, 0.1) is 17.1 Å². The van der Waals surface area contributed by atoms with Crippen molar-refractivity contribution in [3.8, 4) is 0 Å². The lowest BCUT2D eigenvalue weighted by atomic mass is 10.1. The normalized spacial score (nSPS) is 16.1. The van der Waals surface area contributed by atoms with Crippen LogP contribution in [0, 0.1) is 12.3 Å². The second kappa shape index (κ2) is 9.62. The Kier molecular flexibility index (Phi) is 6.66. The van der Waals surface area contributed by atoms with Crippen molar-refractivity contribution in [3.05, 3.63) is 51.4 Å². The van der Waals surface area contributed by atoms with E-state index in [1.165, 1.54) is 10.5 Å². The summed E-state index contributed by atoms with van der Waals surface area (Å²) < 4.78 is 14.1. The van der Waals surface area contributed by atoms with Gasteiger partial charge in [-0.3, -0.25) is 19.4 Å². The van der Waals surface area contributed by atoms with E-state index in [9.17, 15) is 9.59 Å². The number of carbonyl (C=O) groups is 1. The highest BCUT2D eigenvalue weighted by molar-refractivity contribution is 5.96. The Balaban J connectivity index is 1.81. The highest BCUT2D eigenvalue weighted by Gasteiger charge is 2.20. The summed E-state index contributed by atoms with van der Waals surface area (Å²) in [5, 5.41) is 11.9. The van der Waals surface area contributed by atoms with E-state index in [1.807, 2.05) is 19.9 Å². The summed E-state index contributed by atoms with van der Waals surface area (Å²) in [6.07, 6.45) is 4.18. The zero-order valence-corrected chi connectivity index (χ0v) is 18.5. The fourth-order valence-corrected chi connectivity index (χ4v) is 4.06. The van der Waals surface area contributed by atoms with Gasteiger partial charge in [-0.05, 0) is 50.8 Å². The van der Waals surface area contributed by atoms with Crippen LogP contribution in [0.4, 0.5) is 0 Å². The lowest BCUT2D eigenvalue weighted by molar-refractivity contribution is 0.0855. The number of nitrogens with one attached hydrogen (secondary N) is 2. The summed E-state index contributed by atoms with van der Waals surface area (Å²) in [4.78, 5) is 31.0. The lowest BCUT2D eigenvalue weighted by Gasteiger charge is -2.16. The van der Waals surface area contributed by atoms with Gasteiger partial charge in [0.15, 0.2) is 0 Å². The molecule has 1 atom stereocenters. The molecular weight excluding hydrogens is 410 g/mol. The van der Waals surface area contributed by atoms with Gasteiger partial charge >= 0.3 is 0 Å². The average molecular weight is 440 g/mol. The van der Waals surface area contributed by atoms with Crippen LogP contribution in [0.1, 0.15) is 42.1 Å². The molecule has 1 aliphatic heterocycles. The summed E-state index contributed by atoms with van der Waals surface area (Å²) >= 11 is 0. The van der Waals surface area contributed by atoms with Gasteiger partial charge in [-0.15, -0.1) is 0 Å². The number of hydrogen-bond donors (Lipinski definition) is 2. The molecule has 1 aliphatic rings. The maximum Gasteiger partial charge on any atom is 0.267 e. The van der Waals surface area contributed by atoms with Crippen LogP contribution in [0.5, 0.6) is 0 Å². The average Bonchev–Trinajstić information content (AvgIpc) is 3.31. The Bertz CT molecular complexity index is 1260. The molecule has 0 bridgehead atoms. The summed E-state index contributed by atoms with van der Waals surface area (Å²) in [5.74, 6) is -0.389. The highest BCUT2D eigenvalue weighted by Crippen LogP contribution is 2.14. The van der Waals surface area contributed by atoms with Gasteiger partial charge in [0.1, 0.15) is 16.8 Å². The van der Waals surface area contributed by atoms with Crippen LogP contribution in [-0.4, -0.2) is 52.3 Å². The molecule has 9 nitrogen and oxygen atoms in total. The maximum absolute atomic E-state index is 13.3. The van der Waals surface area contributed by atoms with Crippen LogP contribution >= 0.6 is 0 Å². The number of aromatic nitrogens is 3. The van der Waals surface area contributed by atoms with Crippen LogP contribution in [-0.2, 0) is 16.0 Å². The molecule has 1 fully saturated rings. The Morgan fingerprint density at radius 2 is 2.25 bits per heavy atom. The van der Waals surface area contributed by atoms with E-state index >= 15 is 0 Å². The molecule has 0 spiro atoms. The number of nitrogens with zero attached hydrogens (tertiary/aromatic N) is 3. The zero-order chi connectivity index (χ0) is 22.7. The number of aryl methyl sites for hydroxylation is 2. The number of fused-ring (bicyclic) bond motifs is 2. The van der Waals surface area contributed by atoms with Crippen molar-refractivity contribution in [1.29, 1.82) is 5.41 Å². The second-order valence-corrected chi connectivity index (χ2v) is 7.99. The second-order valence-electron chi connectivity index (χ2n) is 7.99. The summed E-state index contributed by atoms with van der Waals surface area (Å²) in [6.45, 7) is 6.44. The fraction of sp³-hybridized carbons (Fsp3) is 0.478. The molecule has 0 unspecified atom stereocenters. The number of rotatable bonds is 8. The Labute approximate surface area is 185 Å². The minimum Gasteiger partial charge on any atom is -0.382 e. The fourth-order valence-electron chi connectivity index (χ4n) is 4.06. The third-order valence-electron chi connectivity index (χ3n) is 5.77. The van der Waals surface area contributed by atoms with Crippen molar-refractivity contribution in [2.45, 2.75) is 45.8 Å². The first-order chi connectivity index (χ1) is 15.5. The molecule has 0 saturated carbocycles. The van der Waals surface area contributed by atoms with E-state index in [0.29, 0.717) is 56.0 Å². The molecule has 32 heavy (non-hydrogen) atoms. The van der Waals surface area contributed by atoms with Crippen LogP contribution in [0.15, 0.2) is 29.2 Å². The third-order valence-corrected chi connectivity index (χ3v) is 5.77. The number of hydrogen-bond acceptors (Lipinski definition) is 6. The molecule has 3 aromatic rings. The maximum atomic E-state index is 13.3. The van der Waals surface area contributed by atoms with Crippen LogP contribution in [0.25, 0.3) is 16.7 Å². The van der Waals surface area contributed by atoms with E-state index in [4.69, 9.17) is 19.9 Å². The van der Waals surface area contributed by atoms with Gasteiger partial charge in [0, 0.05) is 39.1 Å². The molecule has 170 valence electrons. The topological polar surface area (TPSA) is 111 Å². The zero-order valence-electron chi connectivity index (χ0n) is 18.5. The first-order valence-electron chi connectivity index (χ1n) is 11.1. The Hall–Kier alpha value is -3.04. The van der Waals surface area contributed by atoms with Crippen LogP contribution in [0.3, 0.4) is 0 Å². The predicted octanol–water partition coefficient (Wildman–Crippen LogP) is 1.77. The van der Waals surface area contributed by atoms with Gasteiger partial charge < -0.3 is 19.4 Å². The van der Waals surface area contributed by atoms with Gasteiger partial charge in [-0.25, -0.2) is 4.98 Å². The van der Waals surface area contributed by atoms with E-state index in [0.717, 1.165) is 18.4 Å². The predicted molar refractivity (Wildman–Crippen MR) is 120 cm³/mol. The largest absolute Gasteiger partial charge is 0.382 e. The van der Waals surface area contributed by atoms with Crippen LogP contribution < -0.4 is 16.4 Å². The first-order valence-corrected chi connectivity index (χ1v) is 11.1. The molecule has 2 N–H and O–H groups in total. The number of amides is 1. The molecule has 9 heteroatoms. The quantitative estimate of drug-likeness (QED) is 0.411. The minimum absolute atomic E-state index is 0.00823. The monoisotopic (exact) mass is 439 g/mol. The van der Waals surface area contributed by atoms with Gasteiger partial charge in [-0.2, -0.15) is 0 Å². The van der Waals surface area contributed by atoms with E-state index in [1.54, 1.807) is 16.8 Å². The van der Waals surface area contributed by atoms with E-state index in [-0.39, 0.29) is 28.6 Å². The van der Waals surface area contributed by atoms with Gasteiger partial charge in [0.2, 0.25) is 0 Å². The van der Waals surface area contributed by atoms with Crippen molar-refractivity contribution in [1.82, 2.24) is 19.3 Å². The first kappa shape index (κ1) is 22.2. The van der Waals surface area contributed by atoms with E-state index < -0.39 is 0 Å². The molecule has 0 radical (unpaired) electrons. The highest BCUT2D eigenvalue weighted by atomic mass is 16.5. The molecule has 0 aliphatic carbocycles. The van der Waals surface area contributed by atoms with Gasteiger partial charge in [0.25, 0.3) is 11.5 Å².